The molecule has 1 saturated heterocycles. The molecule has 0 N–H and O–H groups in total. The van der Waals surface area contributed by atoms with E-state index in [4.69, 9.17) is 16.3 Å². The van der Waals surface area contributed by atoms with Crippen molar-refractivity contribution in [2.75, 3.05) is 23.9 Å². The molecule has 4 nitrogen and oxygen atoms in total. The molecular formula is C13H20ClN3O. The van der Waals surface area contributed by atoms with Crippen LogP contribution in [0.1, 0.15) is 32.6 Å². The molecule has 1 unspecified atom stereocenters. The fourth-order valence-corrected chi connectivity index (χ4v) is 2.62. The highest BCUT2D eigenvalue weighted by Crippen LogP contribution is 2.27. The van der Waals surface area contributed by atoms with Crippen LogP contribution in [0.2, 0.25) is 0 Å². The summed E-state index contributed by atoms with van der Waals surface area (Å²) < 4.78 is 5.42. The van der Waals surface area contributed by atoms with Crippen molar-refractivity contribution in [3.05, 3.63) is 12.4 Å². The van der Waals surface area contributed by atoms with Gasteiger partial charge in [-0.15, -0.1) is 11.6 Å². The van der Waals surface area contributed by atoms with Crippen LogP contribution in [-0.4, -0.2) is 35.0 Å². The van der Waals surface area contributed by atoms with Gasteiger partial charge in [0, 0.05) is 24.5 Å². The van der Waals surface area contributed by atoms with E-state index in [0.717, 1.165) is 31.1 Å². The number of anilines is 1. The predicted octanol–water partition coefficient (Wildman–Crippen LogP) is 2.86. The number of halogens is 1. The molecule has 0 bridgehead atoms. The number of nitrogens with zero attached hydrogens (tertiary/aromatic N) is 3. The normalized spacial score (nSPS) is 19.2. The van der Waals surface area contributed by atoms with E-state index in [2.05, 4.69) is 14.9 Å². The lowest BCUT2D eigenvalue weighted by atomic mass is 10.1. The zero-order chi connectivity index (χ0) is 12.8. The highest BCUT2D eigenvalue weighted by Gasteiger charge is 2.25. The van der Waals surface area contributed by atoms with E-state index < -0.39 is 0 Å². The number of hydrogen-bond acceptors (Lipinski definition) is 4. The third-order valence-electron chi connectivity index (χ3n) is 3.26. The lowest BCUT2D eigenvalue weighted by Gasteiger charge is -2.25. The summed E-state index contributed by atoms with van der Waals surface area (Å²) in [7, 11) is 0. The Morgan fingerprint density at radius 3 is 3.17 bits per heavy atom. The Bertz CT molecular complexity index is 375. The van der Waals surface area contributed by atoms with Gasteiger partial charge in [-0.2, -0.15) is 0 Å². The molecule has 0 saturated carbocycles. The molecule has 0 aromatic carbocycles. The van der Waals surface area contributed by atoms with E-state index in [9.17, 15) is 0 Å². The van der Waals surface area contributed by atoms with Gasteiger partial charge in [-0.25, -0.2) is 9.97 Å². The Hall–Kier alpha value is -1.03. The third-order valence-corrected chi connectivity index (χ3v) is 3.53. The lowest BCUT2D eigenvalue weighted by molar-refractivity contribution is 0.326. The zero-order valence-corrected chi connectivity index (χ0v) is 11.6. The van der Waals surface area contributed by atoms with E-state index in [1.807, 2.05) is 13.0 Å². The van der Waals surface area contributed by atoms with Crippen LogP contribution >= 0.6 is 11.6 Å². The van der Waals surface area contributed by atoms with Crippen LogP contribution in [0, 0.1) is 0 Å². The van der Waals surface area contributed by atoms with Crippen LogP contribution in [0.25, 0.3) is 0 Å². The highest BCUT2D eigenvalue weighted by atomic mass is 35.5. The lowest BCUT2D eigenvalue weighted by Crippen LogP contribution is -2.30. The van der Waals surface area contributed by atoms with Crippen LogP contribution in [0.15, 0.2) is 12.4 Å². The van der Waals surface area contributed by atoms with Crippen molar-refractivity contribution >= 4 is 17.4 Å². The summed E-state index contributed by atoms with van der Waals surface area (Å²) in [5.41, 5.74) is 0. The SMILES string of the molecule is CCOc1cc(N2CCCC2CCCCl)ncn1. The van der Waals surface area contributed by atoms with Gasteiger partial charge in [0.1, 0.15) is 12.1 Å². The fourth-order valence-electron chi connectivity index (χ4n) is 2.46. The van der Waals surface area contributed by atoms with Crippen LogP contribution in [-0.2, 0) is 0 Å². The van der Waals surface area contributed by atoms with Crippen molar-refractivity contribution < 1.29 is 4.74 Å². The molecule has 1 aliphatic rings. The number of alkyl halides is 1. The molecule has 0 aliphatic carbocycles. The minimum absolute atomic E-state index is 0.563. The van der Waals surface area contributed by atoms with E-state index in [0.29, 0.717) is 18.5 Å². The highest BCUT2D eigenvalue weighted by molar-refractivity contribution is 6.17. The van der Waals surface area contributed by atoms with Crippen LogP contribution in [0.4, 0.5) is 5.82 Å². The first kappa shape index (κ1) is 13.4. The summed E-state index contributed by atoms with van der Waals surface area (Å²) in [5.74, 6) is 2.37. The molecule has 18 heavy (non-hydrogen) atoms. The van der Waals surface area contributed by atoms with Crippen LogP contribution < -0.4 is 9.64 Å². The summed E-state index contributed by atoms with van der Waals surface area (Å²) in [6, 6.07) is 2.50. The Balaban J connectivity index is 2.06. The van der Waals surface area contributed by atoms with Gasteiger partial charge in [-0.05, 0) is 32.6 Å². The Labute approximate surface area is 113 Å². The Kier molecular flexibility index (Phi) is 5.05. The molecule has 100 valence electrons. The standard InChI is InChI=1S/C13H20ClN3O/c1-2-18-13-9-12(15-10-16-13)17-8-4-6-11(17)5-3-7-14/h9-11H,2-8H2,1H3. The molecule has 1 aromatic rings. The number of aromatic nitrogens is 2. The maximum atomic E-state index is 5.78. The van der Waals surface area contributed by atoms with Gasteiger partial charge in [0.2, 0.25) is 5.88 Å². The van der Waals surface area contributed by atoms with Gasteiger partial charge in [0.15, 0.2) is 0 Å². The van der Waals surface area contributed by atoms with Crippen molar-refractivity contribution in [2.45, 2.75) is 38.6 Å². The minimum Gasteiger partial charge on any atom is -0.478 e. The number of rotatable bonds is 6. The molecule has 1 atom stereocenters. The first-order valence-corrected chi connectivity index (χ1v) is 7.16. The summed E-state index contributed by atoms with van der Waals surface area (Å²) in [6.07, 6.45) is 6.23. The Morgan fingerprint density at radius 1 is 1.50 bits per heavy atom. The fraction of sp³-hybridized carbons (Fsp3) is 0.692. The van der Waals surface area contributed by atoms with E-state index >= 15 is 0 Å². The van der Waals surface area contributed by atoms with Crippen molar-refractivity contribution in [3.63, 3.8) is 0 Å². The second-order valence-electron chi connectivity index (χ2n) is 4.47. The summed E-state index contributed by atoms with van der Waals surface area (Å²) in [4.78, 5) is 10.8. The molecule has 0 amide bonds. The predicted molar refractivity (Wildman–Crippen MR) is 73.5 cm³/mol. The Morgan fingerprint density at radius 2 is 2.39 bits per heavy atom. The maximum absolute atomic E-state index is 5.78. The van der Waals surface area contributed by atoms with Crippen LogP contribution in [0.5, 0.6) is 5.88 Å². The number of hydrogen-bond donors (Lipinski definition) is 0. The first-order valence-electron chi connectivity index (χ1n) is 6.62. The van der Waals surface area contributed by atoms with Gasteiger partial charge < -0.3 is 9.64 Å². The van der Waals surface area contributed by atoms with Gasteiger partial charge in [-0.3, -0.25) is 0 Å². The van der Waals surface area contributed by atoms with Gasteiger partial charge in [-0.1, -0.05) is 0 Å². The van der Waals surface area contributed by atoms with Gasteiger partial charge in [0.05, 0.1) is 6.61 Å². The van der Waals surface area contributed by atoms with Gasteiger partial charge in [0.25, 0.3) is 0 Å². The molecular weight excluding hydrogens is 250 g/mol. The maximum Gasteiger partial charge on any atom is 0.218 e. The zero-order valence-electron chi connectivity index (χ0n) is 10.8. The smallest absolute Gasteiger partial charge is 0.218 e. The summed E-state index contributed by atoms with van der Waals surface area (Å²) >= 11 is 5.78. The van der Waals surface area contributed by atoms with Crippen molar-refractivity contribution in [1.82, 2.24) is 9.97 Å². The molecule has 2 heterocycles. The van der Waals surface area contributed by atoms with Crippen molar-refractivity contribution in [3.8, 4) is 5.88 Å². The number of ether oxygens (including phenoxy) is 1. The molecule has 0 spiro atoms. The second-order valence-corrected chi connectivity index (χ2v) is 4.85. The molecule has 5 heteroatoms. The summed E-state index contributed by atoms with van der Waals surface area (Å²) in [6.45, 7) is 3.66. The molecule has 1 aromatic heterocycles. The molecule has 0 radical (unpaired) electrons. The molecule has 2 rings (SSSR count). The minimum atomic E-state index is 0.563. The third kappa shape index (κ3) is 3.25. The van der Waals surface area contributed by atoms with Crippen molar-refractivity contribution in [1.29, 1.82) is 0 Å². The monoisotopic (exact) mass is 269 g/mol. The summed E-state index contributed by atoms with van der Waals surface area (Å²) in [5, 5.41) is 0. The first-order chi connectivity index (χ1) is 8.85. The largest absolute Gasteiger partial charge is 0.478 e. The molecule has 1 fully saturated rings. The average Bonchev–Trinajstić information content (AvgIpc) is 2.85. The average molecular weight is 270 g/mol. The van der Waals surface area contributed by atoms with Crippen LogP contribution in [0.3, 0.4) is 0 Å². The van der Waals surface area contributed by atoms with Gasteiger partial charge >= 0.3 is 0 Å². The topological polar surface area (TPSA) is 38.2 Å². The molecule has 1 aliphatic heterocycles. The second kappa shape index (κ2) is 6.78. The van der Waals surface area contributed by atoms with E-state index in [-0.39, 0.29) is 0 Å². The van der Waals surface area contributed by atoms with Crippen molar-refractivity contribution in [2.24, 2.45) is 0 Å². The van der Waals surface area contributed by atoms with E-state index in [1.54, 1.807) is 6.33 Å². The van der Waals surface area contributed by atoms with E-state index in [1.165, 1.54) is 12.8 Å². The quantitative estimate of drug-likeness (QED) is 0.745.